The van der Waals surface area contributed by atoms with Crippen LogP contribution >= 0.6 is 0 Å². The van der Waals surface area contributed by atoms with Crippen molar-refractivity contribution in [1.82, 2.24) is 15.1 Å². The fourth-order valence-electron chi connectivity index (χ4n) is 1.18. The second kappa shape index (κ2) is 5.44. The summed E-state index contributed by atoms with van der Waals surface area (Å²) < 4.78 is 1.27. The van der Waals surface area contributed by atoms with Gasteiger partial charge in [0.25, 0.3) is 11.5 Å². The number of carbonyl (C=O) groups excluding carboxylic acids is 1. The molecule has 0 bridgehead atoms. The third-order valence-corrected chi connectivity index (χ3v) is 2.07. The first-order chi connectivity index (χ1) is 7.54. The van der Waals surface area contributed by atoms with Gasteiger partial charge in [-0.1, -0.05) is 13.8 Å². The van der Waals surface area contributed by atoms with E-state index in [1.54, 1.807) is 0 Å². The normalized spacial score (nSPS) is 10.5. The number of hydrogen-bond donors (Lipinski definition) is 1. The molecule has 0 radical (unpaired) electrons. The van der Waals surface area contributed by atoms with Crippen LogP contribution in [0.3, 0.4) is 0 Å². The molecule has 5 heteroatoms. The molecular weight excluding hydrogens is 206 g/mol. The molecule has 1 aromatic rings. The van der Waals surface area contributed by atoms with Gasteiger partial charge in [-0.25, -0.2) is 4.68 Å². The van der Waals surface area contributed by atoms with Crippen molar-refractivity contribution in [3.63, 3.8) is 0 Å². The van der Waals surface area contributed by atoms with Crippen LogP contribution in [0.25, 0.3) is 0 Å². The zero-order valence-corrected chi connectivity index (χ0v) is 9.86. The standard InChI is InChI=1S/C11H17N3O2/c1-4-14-10(15)6-5-9(13-14)11(16)12-7-8(2)3/h5-6,8H,4,7H2,1-3H3,(H,12,16). The molecule has 5 nitrogen and oxygen atoms in total. The van der Waals surface area contributed by atoms with E-state index in [4.69, 9.17) is 0 Å². The van der Waals surface area contributed by atoms with Crippen molar-refractivity contribution < 1.29 is 4.79 Å². The number of amides is 1. The van der Waals surface area contributed by atoms with Crippen molar-refractivity contribution in [2.75, 3.05) is 6.54 Å². The lowest BCUT2D eigenvalue weighted by Gasteiger charge is -2.07. The molecule has 0 aliphatic heterocycles. The molecule has 0 aliphatic carbocycles. The zero-order chi connectivity index (χ0) is 12.1. The van der Waals surface area contributed by atoms with Crippen LogP contribution in [0.5, 0.6) is 0 Å². The lowest BCUT2D eigenvalue weighted by molar-refractivity contribution is 0.0941. The average molecular weight is 223 g/mol. The van der Waals surface area contributed by atoms with Gasteiger partial charge in [0.05, 0.1) is 0 Å². The van der Waals surface area contributed by atoms with Gasteiger partial charge in [-0.2, -0.15) is 5.10 Å². The second-order valence-corrected chi connectivity index (χ2v) is 3.98. The molecule has 0 atom stereocenters. The van der Waals surface area contributed by atoms with Crippen LogP contribution in [-0.4, -0.2) is 22.2 Å². The average Bonchev–Trinajstić information content (AvgIpc) is 2.26. The quantitative estimate of drug-likeness (QED) is 0.815. The largest absolute Gasteiger partial charge is 0.350 e. The van der Waals surface area contributed by atoms with E-state index in [0.717, 1.165) is 0 Å². The third-order valence-electron chi connectivity index (χ3n) is 2.07. The monoisotopic (exact) mass is 223 g/mol. The lowest BCUT2D eigenvalue weighted by atomic mass is 10.2. The summed E-state index contributed by atoms with van der Waals surface area (Å²) in [5, 5.41) is 6.71. The zero-order valence-electron chi connectivity index (χ0n) is 9.86. The van der Waals surface area contributed by atoms with Gasteiger partial charge < -0.3 is 5.32 Å². The summed E-state index contributed by atoms with van der Waals surface area (Å²) in [5.41, 5.74) is 0.0880. The summed E-state index contributed by atoms with van der Waals surface area (Å²) >= 11 is 0. The molecule has 0 aliphatic rings. The van der Waals surface area contributed by atoms with E-state index in [2.05, 4.69) is 10.4 Å². The highest BCUT2D eigenvalue weighted by Crippen LogP contribution is 1.93. The van der Waals surface area contributed by atoms with E-state index in [1.165, 1.54) is 16.8 Å². The van der Waals surface area contributed by atoms with Gasteiger partial charge in [0.15, 0.2) is 0 Å². The molecule has 1 N–H and O–H groups in total. The lowest BCUT2D eigenvalue weighted by Crippen LogP contribution is -2.31. The molecule has 0 unspecified atom stereocenters. The Morgan fingerprint density at radius 2 is 2.19 bits per heavy atom. The van der Waals surface area contributed by atoms with Crippen molar-refractivity contribution in [2.24, 2.45) is 5.92 Å². The maximum absolute atomic E-state index is 11.6. The minimum absolute atomic E-state index is 0.192. The molecule has 1 rings (SSSR count). The highest BCUT2D eigenvalue weighted by atomic mass is 16.2. The Hall–Kier alpha value is -1.65. The molecule has 0 fully saturated rings. The van der Waals surface area contributed by atoms with E-state index < -0.39 is 0 Å². The Labute approximate surface area is 94.5 Å². The van der Waals surface area contributed by atoms with Crippen LogP contribution < -0.4 is 10.9 Å². The molecule has 0 saturated heterocycles. The van der Waals surface area contributed by atoms with Crippen LogP contribution in [0, 0.1) is 5.92 Å². The molecule has 1 heterocycles. The van der Waals surface area contributed by atoms with Crippen molar-refractivity contribution in [2.45, 2.75) is 27.3 Å². The SMILES string of the molecule is CCn1nc(C(=O)NCC(C)C)ccc1=O. The van der Waals surface area contributed by atoms with Crippen LogP contribution in [-0.2, 0) is 6.54 Å². The first-order valence-electron chi connectivity index (χ1n) is 5.41. The van der Waals surface area contributed by atoms with E-state index in [0.29, 0.717) is 19.0 Å². The third kappa shape index (κ3) is 3.18. The van der Waals surface area contributed by atoms with Gasteiger partial charge in [-0.15, -0.1) is 0 Å². The number of hydrogen-bond acceptors (Lipinski definition) is 3. The molecule has 0 saturated carbocycles. The minimum Gasteiger partial charge on any atom is -0.350 e. The topological polar surface area (TPSA) is 64.0 Å². The van der Waals surface area contributed by atoms with E-state index in [1.807, 2.05) is 20.8 Å². The highest BCUT2D eigenvalue weighted by Gasteiger charge is 2.08. The Morgan fingerprint density at radius 3 is 2.75 bits per heavy atom. The maximum atomic E-state index is 11.6. The first kappa shape index (κ1) is 12.4. The second-order valence-electron chi connectivity index (χ2n) is 3.98. The Balaban J connectivity index is 2.80. The Kier molecular flexibility index (Phi) is 4.22. The molecule has 0 spiro atoms. The van der Waals surface area contributed by atoms with Crippen molar-refractivity contribution in [1.29, 1.82) is 0 Å². The van der Waals surface area contributed by atoms with Crippen LogP contribution in [0.4, 0.5) is 0 Å². The van der Waals surface area contributed by atoms with Gasteiger partial charge in [-0.3, -0.25) is 9.59 Å². The summed E-state index contributed by atoms with van der Waals surface area (Å²) in [7, 11) is 0. The summed E-state index contributed by atoms with van der Waals surface area (Å²) in [5.74, 6) is 0.150. The highest BCUT2D eigenvalue weighted by molar-refractivity contribution is 5.91. The molecule has 0 aromatic carbocycles. The van der Waals surface area contributed by atoms with Gasteiger partial charge in [0.2, 0.25) is 0 Å². The number of nitrogens with one attached hydrogen (secondary N) is 1. The smallest absolute Gasteiger partial charge is 0.271 e. The van der Waals surface area contributed by atoms with Crippen molar-refractivity contribution in [3.8, 4) is 0 Å². The van der Waals surface area contributed by atoms with Crippen LogP contribution in [0.15, 0.2) is 16.9 Å². The van der Waals surface area contributed by atoms with Crippen LogP contribution in [0.1, 0.15) is 31.3 Å². The van der Waals surface area contributed by atoms with Gasteiger partial charge in [0, 0.05) is 19.2 Å². The van der Waals surface area contributed by atoms with Crippen molar-refractivity contribution >= 4 is 5.91 Å². The molecular formula is C11H17N3O2. The number of aromatic nitrogens is 2. The predicted molar refractivity (Wildman–Crippen MR) is 61.3 cm³/mol. The van der Waals surface area contributed by atoms with Crippen molar-refractivity contribution in [3.05, 3.63) is 28.2 Å². The summed E-state index contributed by atoms with van der Waals surface area (Å²) in [6.45, 7) is 6.90. The summed E-state index contributed by atoms with van der Waals surface area (Å²) in [6, 6.07) is 2.81. The Morgan fingerprint density at radius 1 is 1.50 bits per heavy atom. The first-order valence-corrected chi connectivity index (χ1v) is 5.41. The fraction of sp³-hybridized carbons (Fsp3) is 0.545. The van der Waals surface area contributed by atoms with E-state index in [9.17, 15) is 9.59 Å². The van der Waals surface area contributed by atoms with Gasteiger partial charge in [0.1, 0.15) is 5.69 Å². The minimum atomic E-state index is -0.240. The predicted octanol–water partition coefficient (Wildman–Crippen LogP) is 0.649. The van der Waals surface area contributed by atoms with E-state index in [-0.39, 0.29) is 17.2 Å². The maximum Gasteiger partial charge on any atom is 0.271 e. The molecule has 1 amide bonds. The molecule has 1 aromatic heterocycles. The molecule has 88 valence electrons. The number of rotatable bonds is 4. The number of carbonyl (C=O) groups is 1. The summed E-state index contributed by atoms with van der Waals surface area (Å²) in [4.78, 5) is 22.9. The van der Waals surface area contributed by atoms with Crippen LogP contribution in [0.2, 0.25) is 0 Å². The number of nitrogens with zero attached hydrogens (tertiary/aromatic N) is 2. The molecule has 16 heavy (non-hydrogen) atoms. The Bertz CT molecular complexity index is 423. The number of aryl methyl sites for hydroxylation is 1. The van der Waals surface area contributed by atoms with E-state index >= 15 is 0 Å². The van der Waals surface area contributed by atoms with Gasteiger partial charge >= 0.3 is 0 Å². The fourth-order valence-corrected chi connectivity index (χ4v) is 1.18. The summed E-state index contributed by atoms with van der Waals surface area (Å²) in [6.07, 6.45) is 0. The van der Waals surface area contributed by atoms with Gasteiger partial charge in [-0.05, 0) is 18.9 Å².